The lowest BCUT2D eigenvalue weighted by atomic mass is 9.78. The zero-order valence-electron chi connectivity index (χ0n) is 13.5. The Bertz CT molecular complexity index is 472. The number of piperidine rings is 1. The van der Waals surface area contributed by atoms with Crippen molar-refractivity contribution >= 4 is 5.91 Å². The molecule has 1 aromatic rings. The van der Waals surface area contributed by atoms with Crippen LogP contribution in [-0.2, 0) is 11.2 Å². The normalized spacial score (nSPS) is 27.9. The van der Waals surface area contributed by atoms with E-state index in [1.54, 1.807) is 4.90 Å². The Balaban J connectivity index is 1.43. The van der Waals surface area contributed by atoms with E-state index in [-0.39, 0.29) is 5.91 Å². The van der Waals surface area contributed by atoms with Crippen LogP contribution in [0.25, 0.3) is 0 Å². The first-order chi connectivity index (χ1) is 10.8. The lowest BCUT2D eigenvalue weighted by Crippen LogP contribution is -3.18. The van der Waals surface area contributed by atoms with Crippen LogP contribution in [0.3, 0.4) is 0 Å². The average Bonchev–Trinajstić information content (AvgIpc) is 2.56. The molecule has 1 aliphatic carbocycles. The number of carbonyl (C=O) groups excluding carboxylic acids is 1. The van der Waals surface area contributed by atoms with Crippen LogP contribution in [0, 0.1) is 5.92 Å². The molecule has 120 valence electrons. The van der Waals surface area contributed by atoms with Gasteiger partial charge in [0.2, 0.25) is 0 Å². The summed E-state index contributed by atoms with van der Waals surface area (Å²) in [6.45, 7) is 2.62. The lowest BCUT2D eigenvalue weighted by molar-refractivity contribution is -0.928. The van der Waals surface area contributed by atoms with Gasteiger partial charge in [0.05, 0.1) is 12.6 Å². The van der Waals surface area contributed by atoms with Crippen molar-refractivity contribution in [2.75, 3.05) is 19.6 Å². The third kappa shape index (κ3) is 4.10. The van der Waals surface area contributed by atoms with Crippen LogP contribution in [0.1, 0.15) is 44.1 Å². The fraction of sp³-hybridized carbons (Fsp3) is 0.632. The predicted molar refractivity (Wildman–Crippen MR) is 88.8 cm³/mol. The van der Waals surface area contributed by atoms with Crippen LogP contribution in [0.15, 0.2) is 30.3 Å². The molecule has 1 amide bonds. The molecule has 0 radical (unpaired) electrons. The highest BCUT2D eigenvalue weighted by molar-refractivity contribution is 5.76. The van der Waals surface area contributed by atoms with Gasteiger partial charge in [0.25, 0.3) is 5.91 Å². The average molecular weight is 301 g/mol. The predicted octanol–water partition coefficient (Wildman–Crippen LogP) is 1.58. The van der Waals surface area contributed by atoms with Gasteiger partial charge in [-0.25, -0.2) is 0 Å². The van der Waals surface area contributed by atoms with Crippen molar-refractivity contribution in [2.45, 2.75) is 51.0 Å². The zero-order chi connectivity index (χ0) is 15.2. The van der Waals surface area contributed by atoms with E-state index in [2.05, 4.69) is 29.6 Å². The minimum Gasteiger partial charge on any atom is -0.351 e. The largest absolute Gasteiger partial charge is 0.351 e. The fourth-order valence-corrected chi connectivity index (χ4v) is 4.35. The van der Waals surface area contributed by atoms with E-state index in [0.29, 0.717) is 6.54 Å². The molecule has 3 heteroatoms. The Morgan fingerprint density at radius 2 is 1.86 bits per heavy atom. The van der Waals surface area contributed by atoms with Gasteiger partial charge in [-0.15, -0.1) is 0 Å². The molecule has 2 fully saturated rings. The molecule has 0 bridgehead atoms. The standard InChI is InChI=1S/C19H28N2O/c22-19(20-13-12-16-7-2-1-3-8-16)15-21-14-6-10-17-9-4-5-11-18(17)21/h1-3,7-8,17-18H,4-6,9-15H2,(H,20,22)/p+1/t17-,18-/m0/s1. The van der Waals surface area contributed by atoms with Crippen LogP contribution < -0.4 is 10.2 Å². The van der Waals surface area contributed by atoms with Gasteiger partial charge in [-0.05, 0) is 44.1 Å². The van der Waals surface area contributed by atoms with Crippen molar-refractivity contribution in [2.24, 2.45) is 5.92 Å². The fourth-order valence-electron chi connectivity index (χ4n) is 4.35. The highest BCUT2D eigenvalue weighted by atomic mass is 16.2. The van der Waals surface area contributed by atoms with Gasteiger partial charge < -0.3 is 10.2 Å². The van der Waals surface area contributed by atoms with Crippen molar-refractivity contribution in [3.63, 3.8) is 0 Å². The van der Waals surface area contributed by atoms with Crippen LogP contribution >= 0.6 is 0 Å². The van der Waals surface area contributed by atoms with E-state index >= 15 is 0 Å². The molecule has 2 N–H and O–H groups in total. The molecule has 1 heterocycles. The van der Waals surface area contributed by atoms with Gasteiger partial charge in [-0.2, -0.15) is 0 Å². The number of benzene rings is 1. The lowest BCUT2D eigenvalue weighted by Gasteiger charge is -2.40. The maximum absolute atomic E-state index is 12.2. The number of carbonyl (C=O) groups is 1. The highest BCUT2D eigenvalue weighted by Crippen LogP contribution is 2.28. The van der Waals surface area contributed by atoms with Crippen molar-refractivity contribution < 1.29 is 9.69 Å². The van der Waals surface area contributed by atoms with Gasteiger partial charge in [-0.1, -0.05) is 36.8 Å². The highest BCUT2D eigenvalue weighted by Gasteiger charge is 2.37. The number of quaternary nitrogens is 1. The van der Waals surface area contributed by atoms with E-state index in [9.17, 15) is 4.79 Å². The zero-order valence-corrected chi connectivity index (χ0v) is 13.5. The van der Waals surface area contributed by atoms with E-state index in [0.717, 1.165) is 24.9 Å². The Hall–Kier alpha value is -1.35. The van der Waals surface area contributed by atoms with Gasteiger partial charge in [-0.3, -0.25) is 4.79 Å². The quantitative estimate of drug-likeness (QED) is 0.851. The minimum absolute atomic E-state index is 0.233. The Kier molecular flexibility index (Phi) is 5.49. The summed E-state index contributed by atoms with van der Waals surface area (Å²) in [5.74, 6) is 1.12. The van der Waals surface area contributed by atoms with Crippen LogP contribution in [0.2, 0.25) is 0 Å². The summed E-state index contributed by atoms with van der Waals surface area (Å²) in [6, 6.07) is 11.1. The van der Waals surface area contributed by atoms with Crippen LogP contribution in [-0.4, -0.2) is 31.6 Å². The maximum Gasteiger partial charge on any atom is 0.275 e. The molecule has 0 spiro atoms. The topological polar surface area (TPSA) is 33.5 Å². The third-order valence-corrected chi connectivity index (χ3v) is 5.47. The molecule has 1 aromatic carbocycles. The molecule has 2 aliphatic rings. The van der Waals surface area contributed by atoms with Crippen molar-refractivity contribution in [3.8, 4) is 0 Å². The van der Waals surface area contributed by atoms with Crippen LogP contribution in [0.5, 0.6) is 0 Å². The number of likely N-dealkylation sites (tertiary alicyclic amines) is 1. The molecule has 3 atom stereocenters. The number of rotatable bonds is 5. The summed E-state index contributed by atoms with van der Waals surface area (Å²) in [5, 5.41) is 3.11. The summed E-state index contributed by atoms with van der Waals surface area (Å²) >= 11 is 0. The summed E-state index contributed by atoms with van der Waals surface area (Å²) < 4.78 is 0. The van der Waals surface area contributed by atoms with E-state index in [1.807, 2.05) is 6.07 Å². The molecular formula is C19H29N2O+. The first-order valence-electron chi connectivity index (χ1n) is 8.98. The van der Waals surface area contributed by atoms with Crippen molar-refractivity contribution in [1.29, 1.82) is 0 Å². The van der Waals surface area contributed by atoms with Gasteiger partial charge in [0.15, 0.2) is 6.54 Å². The molecule has 0 aromatic heterocycles. The molecule has 22 heavy (non-hydrogen) atoms. The first-order valence-corrected chi connectivity index (χ1v) is 8.98. The number of amides is 1. The van der Waals surface area contributed by atoms with Crippen molar-refractivity contribution in [1.82, 2.24) is 5.32 Å². The summed E-state index contributed by atoms with van der Waals surface area (Å²) in [4.78, 5) is 13.8. The second kappa shape index (κ2) is 7.77. The number of fused-ring (bicyclic) bond motifs is 1. The summed E-state index contributed by atoms with van der Waals surface area (Å²) in [7, 11) is 0. The molecule has 3 nitrogen and oxygen atoms in total. The molecule has 1 saturated carbocycles. The first kappa shape index (κ1) is 15.5. The molecule has 1 aliphatic heterocycles. The Labute approximate surface area is 134 Å². The minimum atomic E-state index is 0.233. The smallest absolute Gasteiger partial charge is 0.275 e. The third-order valence-electron chi connectivity index (χ3n) is 5.47. The van der Waals surface area contributed by atoms with E-state index in [4.69, 9.17) is 0 Å². The second-order valence-corrected chi connectivity index (χ2v) is 6.96. The molecular weight excluding hydrogens is 272 g/mol. The molecule has 1 unspecified atom stereocenters. The molecule has 3 rings (SSSR count). The van der Waals surface area contributed by atoms with E-state index in [1.165, 1.54) is 50.6 Å². The number of nitrogens with one attached hydrogen (secondary N) is 2. The summed E-state index contributed by atoms with van der Waals surface area (Å²) in [6.07, 6.45) is 9.10. The number of hydrogen-bond donors (Lipinski definition) is 2. The monoisotopic (exact) mass is 301 g/mol. The Morgan fingerprint density at radius 3 is 2.73 bits per heavy atom. The van der Waals surface area contributed by atoms with Crippen LogP contribution in [0.4, 0.5) is 0 Å². The second-order valence-electron chi connectivity index (χ2n) is 6.96. The Morgan fingerprint density at radius 1 is 1.09 bits per heavy atom. The van der Waals surface area contributed by atoms with Gasteiger partial charge in [0.1, 0.15) is 0 Å². The van der Waals surface area contributed by atoms with Gasteiger partial charge in [0, 0.05) is 12.5 Å². The van der Waals surface area contributed by atoms with Crippen molar-refractivity contribution in [3.05, 3.63) is 35.9 Å². The SMILES string of the molecule is O=C(C[NH+]1CCC[C@@H]2CCCC[C@@H]21)NCCc1ccccc1. The van der Waals surface area contributed by atoms with Gasteiger partial charge >= 0.3 is 0 Å². The summed E-state index contributed by atoms with van der Waals surface area (Å²) in [5.41, 5.74) is 1.29. The maximum atomic E-state index is 12.2. The number of hydrogen-bond acceptors (Lipinski definition) is 1. The molecule has 1 saturated heterocycles. The van der Waals surface area contributed by atoms with E-state index < -0.39 is 0 Å².